The summed E-state index contributed by atoms with van der Waals surface area (Å²) in [5.74, 6) is -0.385. The first-order valence-corrected chi connectivity index (χ1v) is 10.8. The van der Waals surface area contributed by atoms with Crippen LogP contribution < -0.4 is 5.32 Å². The molecule has 0 bridgehead atoms. The Morgan fingerprint density at radius 1 is 1.23 bits per heavy atom. The second kappa shape index (κ2) is 8.19. The molecule has 1 aromatic carbocycles. The molecule has 4 rings (SSSR count). The smallest absolute Gasteiger partial charge is 0.417 e. The highest BCUT2D eigenvalue weighted by molar-refractivity contribution is 9.10. The summed E-state index contributed by atoms with van der Waals surface area (Å²) in [6.07, 6.45) is 1.57. The van der Waals surface area contributed by atoms with Gasteiger partial charge in [0.05, 0.1) is 16.9 Å². The van der Waals surface area contributed by atoms with Gasteiger partial charge in [0.2, 0.25) is 0 Å². The molecule has 0 unspecified atom stereocenters. The van der Waals surface area contributed by atoms with Gasteiger partial charge in [0.15, 0.2) is 0 Å². The van der Waals surface area contributed by atoms with Crippen molar-refractivity contribution in [2.45, 2.75) is 32.8 Å². The molecule has 3 aromatic rings. The van der Waals surface area contributed by atoms with E-state index >= 15 is 0 Å². The van der Waals surface area contributed by atoms with Gasteiger partial charge in [-0.05, 0) is 61.0 Å². The molecular formula is C23H23BrN4O3. The Balaban J connectivity index is 1.79. The summed E-state index contributed by atoms with van der Waals surface area (Å²) >= 11 is 3.41. The second-order valence-electron chi connectivity index (χ2n) is 8.27. The molecular weight excluding hydrogens is 460 g/mol. The largest absolute Gasteiger partial charge is 0.443 e. The number of rotatable bonds is 3. The van der Waals surface area contributed by atoms with Crippen LogP contribution in [0, 0.1) is 0 Å². The maximum absolute atomic E-state index is 13.4. The van der Waals surface area contributed by atoms with Gasteiger partial charge in [0.1, 0.15) is 10.2 Å². The molecule has 0 fully saturated rings. The van der Waals surface area contributed by atoms with Crippen LogP contribution in [0.25, 0.3) is 11.3 Å². The van der Waals surface area contributed by atoms with Gasteiger partial charge in [-0.15, -0.1) is 0 Å². The highest BCUT2D eigenvalue weighted by atomic mass is 79.9. The number of para-hydroxylation sites is 1. The summed E-state index contributed by atoms with van der Waals surface area (Å²) in [5, 5.41) is 3.37. The Bertz CT molecular complexity index is 1140. The van der Waals surface area contributed by atoms with Crippen molar-refractivity contribution in [3.63, 3.8) is 0 Å². The van der Waals surface area contributed by atoms with Crippen molar-refractivity contribution in [1.29, 1.82) is 0 Å². The van der Waals surface area contributed by atoms with Crippen LogP contribution >= 0.6 is 15.9 Å². The summed E-state index contributed by atoms with van der Waals surface area (Å²) in [4.78, 5) is 34.8. The molecule has 1 aliphatic heterocycles. The van der Waals surface area contributed by atoms with Gasteiger partial charge in [-0.2, -0.15) is 0 Å². The molecule has 2 aromatic heterocycles. The third-order valence-corrected chi connectivity index (χ3v) is 5.23. The van der Waals surface area contributed by atoms with Crippen molar-refractivity contribution in [2.24, 2.45) is 0 Å². The fraction of sp³-hybridized carbons (Fsp3) is 0.261. The van der Waals surface area contributed by atoms with Crippen LogP contribution in [0.15, 0.2) is 53.3 Å². The number of carbonyl (C=O) groups excluding carboxylic acids is 2. The van der Waals surface area contributed by atoms with Gasteiger partial charge in [0, 0.05) is 36.1 Å². The number of fused-ring (bicyclic) bond motifs is 1. The van der Waals surface area contributed by atoms with Crippen molar-refractivity contribution >= 4 is 39.3 Å². The molecule has 7 nitrogen and oxygen atoms in total. The van der Waals surface area contributed by atoms with E-state index in [0.29, 0.717) is 22.3 Å². The Morgan fingerprint density at radius 3 is 2.65 bits per heavy atom. The third-order valence-electron chi connectivity index (χ3n) is 4.79. The number of hydrogen-bond acceptors (Lipinski definition) is 5. The highest BCUT2D eigenvalue weighted by Crippen LogP contribution is 2.38. The van der Waals surface area contributed by atoms with Crippen LogP contribution in [0.5, 0.6) is 0 Å². The first kappa shape index (κ1) is 21.1. The van der Waals surface area contributed by atoms with E-state index in [4.69, 9.17) is 4.74 Å². The number of aromatic nitrogens is 2. The Morgan fingerprint density at radius 2 is 1.97 bits per heavy atom. The summed E-state index contributed by atoms with van der Waals surface area (Å²) in [6.45, 7) is 5.60. The van der Waals surface area contributed by atoms with Crippen molar-refractivity contribution in [3.05, 3.63) is 64.5 Å². The van der Waals surface area contributed by atoms with E-state index in [-0.39, 0.29) is 12.5 Å². The molecule has 0 saturated heterocycles. The lowest BCUT2D eigenvalue weighted by Gasteiger charge is -2.29. The Hall–Kier alpha value is -3.13. The lowest BCUT2D eigenvalue weighted by Crippen LogP contribution is -2.44. The number of hydrogen-bond donors (Lipinski definition) is 2. The number of nitrogens with one attached hydrogen (secondary N) is 2. The van der Waals surface area contributed by atoms with Crippen LogP contribution in [0.4, 0.5) is 16.2 Å². The zero-order chi connectivity index (χ0) is 22.2. The lowest BCUT2D eigenvalue weighted by molar-refractivity contribution is 0.0233. The average Bonchev–Trinajstić information content (AvgIpc) is 3.07. The van der Waals surface area contributed by atoms with Crippen LogP contribution in [0.2, 0.25) is 0 Å². The molecule has 0 saturated carbocycles. The van der Waals surface area contributed by atoms with Crippen molar-refractivity contribution in [1.82, 2.24) is 14.9 Å². The number of pyridine rings is 1. The van der Waals surface area contributed by atoms with Gasteiger partial charge >= 0.3 is 6.09 Å². The van der Waals surface area contributed by atoms with E-state index in [2.05, 4.69) is 31.2 Å². The highest BCUT2D eigenvalue weighted by Gasteiger charge is 2.36. The summed E-state index contributed by atoms with van der Waals surface area (Å²) in [5.41, 5.74) is 3.63. The van der Waals surface area contributed by atoms with E-state index in [1.807, 2.05) is 42.5 Å². The van der Waals surface area contributed by atoms with Crippen molar-refractivity contribution in [2.75, 3.05) is 11.9 Å². The van der Waals surface area contributed by atoms with E-state index in [9.17, 15) is 9.59 Å². The number of benzene rings is 1. The summed E-state index contributed by atoms with van der Waals surface area (Å²) in [6, 6.07) is 13.3. The van der Waals surface area contributed by atoms with Gasteiger partial charge in [-0.3, -0.25) is 4.79 Å². The predicted octanol–water partition coefficient (Wildman–Crippen LogP) is 5.52. The number of carbonyl (C=O) groups is 2. The quantitative estimate of drug-likeness (QED) is 0.480. The molecule has 8 heteroatoms. The minimum Gasteiger partial charge on any atom is -0.443 e. The van der Waals surface area contributed by atoms with Crippen LogP contribution in [0.1, 0.15) is 36.8 Å². The van der Waals surface area contributed by atoms with E-state index in [1.165, 1.54) is 4.90 Å². The number of nitrogens with zero attached hydrogens (tertiary/aromatic N) is 2. The maximum Gasteiger partial charge on any atom is 0.417 e. The number of imide groups is 1. The number of aromatic amines is 1. The number of ether oxygens (including phenoxy) is 1. The number of anilines is 2. The minimum atomic E-state index is -0.685. The molecule has 3 heterocycles. The normalized spacial score (nSPS) is 13.7. The Kier molecular flexibility index (Phi) is 5.58. The lowest BCUT2D eigenvalue weighted by atomic mass is 10.0. The number of H-pyrrole nitrogens is 1. The molecule has 0 atom stereocenters. The maximum atomic E-state index is 13.4. The SMILES string of the molecule is CC(C)(C)OC(=O)N1CCc2[nH]c(-c3ccnc(Br)c3)c(Nc3ccccc3)c2C1=O. The number of halogens is 1. The van der Waals surface area contributed by atoms with Crippen molar-refractivity contribution < 1.29 is 14.3 Å². The van der Waals surface area contributed by atoms with Crippen molar-refractivity contribution in [3.8, 4) is 11.3 Å². The first-order chi connectivity index (χ1) is 14.7. The molecule has 0 aliphatic carbocycles. The molecule has 160 valence electrons. The fourth-order valence-corrected chi connectivity index (χ4v) is 3.86. The van der Waals surface area contributed by atoms with E-state index in [0.717, 1.165) is 22.6 Å². The Labute approximate surface area is 189 Å². The zero-order valence-electron chi connectivity index (χ0n) is 17.5. The molecule has 2 N–H and O–H groups in total. The molecule has 0 spiro atoms. The minimum absolute atomic E-state index is 0.255. The second-order valence-corrected chi connectivity index (χ2v) is 9.09. The van der Waals surface area contributed by atoms with Gasteiger partial charge in [-0.25, -0.2) is 14.7 Å². The molecule has 31 heavy (non-hydrogen) atoms. The van der Waals surface area contributed by atoms with Gasteiger partial charge < -0.3 is 15.0 Å². The molecule has 0 radical (unpaired) electrons. The first-order valence-electron chi connectivity index (χ1n) is 9.96. The van der Waals surface area contributed by atoms with Crippen LogP contribution in [0.3, 0.4) is 0 Å². The topological polar surface area (TPSA) is 87.3 Å². The average molecular weight is 483 g/mol. The van der Waals surface area contributed by atoms with E-state index < -0.39 is 11.7 Å². The standard InChI is InChI=1S/C23H23BrN4O3/c1-23(2,3)31-22(30)28-12-10-16-18(21(28)29)20(26-15-7-5-4-6-8-15)19(27-16)14-9-11-25-17(24)13-14/h4-9,11,13,26-27H,10,12H2,1-3H3. The fourth-order valence-electron chi connectivity index (χ4n) is 3.49. The summed E-state index contributed by atoms with van der Waals surface area (Å²) in [7, 11) is 0. The third kappa shape index (κ3) is 4.49. The monoisotopic (exact) mass is 482 g/mol. The van der Waals surface area contributed by atoms with Gasteiger partial charge in [-0.1, -0.05) is 18.2 Å². The van der Waals surface area contributed by atoms with E-state index in [1.54, 1.807) is 27.0 Å². The summed E-state index contributed by atoms with van der Waals surface area (Å²) < 4.78 is 6.13. The predicted molar refractivity (Wildman–Crippen MR) is 122 cm³/mol. The zero-order valence-corrected chi connectivity index (χ0v) is 19.1. The molecule has 1 aliphatic rings. The molecule has 2 amide bonds. The van der Waals surface area contributed by atoms with Gasteiger partial charge in [0.25, 0.3) is 5.91 Å². The van der Waals surface area contributed by atoms with Crippen LogP contribution in [-0.2, 0) is 11.2 Å². The van der Waals surface area contributed by atoms with Crippen LogP contribution in [-0.4, -0.2) is 39.0 Å². The number of amides is 2.